The zero-order valence-electron chi connectivity index (χ0n) is 19.0. The van der Waals surface area contributed by atoms with E-state index in [2.05, 4.69) is 17.6 Å². The molecule has 0 spiro atoms. The minimum atomic E-state index is 0.0489. The summed E-state index contributed by atoms with van der Waals surface area (Å²) in [6, 6.07) is 0.465. The molecule has 0 bridgehead atoms. The van der Waals surface area contributed by atoms with Crippen LogP contribution >= 0.6 is 0 Å². The Morgan fingerprint density at radius 3 is 1.54 bits per heavy atom. The summed E-state index contributed by atoms with van der Waals surface area (Å²) in [5.74, 6) is 0. The van der Waals surface area contributed by atoms with Gasteiger partial charge in [0.15, 0.2) is 0 Å². The molecule has 3 heteroatoms. The molecule has 1 aliphatic carbocycles. The molecule has 1 aliphatic rings. The van der Waals surface area contributed by atoms with Crippen molar-refractivity contribution in [3.63, 3.8) is 0 Å². The Morgan fingerprint density at radius 1 is 0.643 bits per heavy atom. The van der Waals surface area contributed by atoms with Gasteiger partial charge in [-0.05, 0) is 19.3 Å². The summed E-state index contributed by atoms with van der Waals surface area (Å²) in [6.45, 7) is 3.12. The van der Waals surface area contributed by atoms with E-state index in [1.54, 1.807) is 0 Å². The third-order valence-electron chi connectivity index (χ3n) is 6.26. The summed E-state index contributed by atoms with van der Waals surface area (Å²) in [7, 11) is 0. The lowest BCUT2D eigenvalue weighted by Gasteiger charge is -2.22. The molecule has 28 heavy (non-hydrogen) atoms. The maximum absolute atomic E-state index is 11.8. The average molecular weight is 395 g/mol. The van der Waals surface area contributed by atoms with Crippen molar-refractivity contribution in [1.82, 2.24) is 10.6 Å². The van der Waals surface area contributed by atoms with Crippen molar-refractivity contribution in [3.05, 3.63) is 0 Å². The van der Waals surface area contributed by atoms with Crippen molar-refractivity contribution in [2.75, 3.05) is 6.54 Å². The lowest BCUT2D eigenvalue weighted by atomic mass is 9.96. The lowest BCUT2D eigenvalue weighted by molar-refractivity contribution is 0.232. The van der Waals surface area contributed by atoms with Crippen LogP contribution < -0.4 is 10.6 Å². The van der Waals surface area contributed by atoms with Gasteiger partial charge in [0.25, 0.3) is 0 Å². The molecule has 0 unspecified atom stereocenters. The van der Waals surface area contributed by atoms with E-state index < -0.39 is 0 Å². The molecule has 1 rings (SSSR count). The summed E-state index contributed by atoms with van der Waals surface area (Å²) in [5, 5.41) is 6.15. The van der Waals surface area contributed by atoms with Crippen molar-refractivity contribution in [2.45, 2.75) is 148 Å². The number of unbranched alkanes of at least 4 members (excludes halogenated alkanes) is 15. The molecule has 1 fully saturated rings. The van der Waals surface area contributed by atoms with Crippen LogP contribution in [-0.2, 0) is 0 Å². The monoisotopic (exact) mass is 394 g/mol. The van der Waals surface area contributed by atoms with Gasteiger partial charge in [-0.15, -0.1) is 0 Å². The number of amides is 2. The largest absolute Gasteiger partial charge is 0.338 e. The number of hydrogen-bond donors (Lipinski definition) is 2. The predicted molar refractivity (Wildman–Crippen MR) is 123 cm³/mol. The van der Waals surface area contributed by atoms with Crippen molar-refractivity contribution >= 4 is 6.03 Å². The highest BCUT2D eigenvalue weighted by atomic mass is 16.2. The van der Waals surface area contributed by atoms with E-state index in [9.17, 15) is 4.79 Å². The van der Waals surface area contributed by atoms with Gasteiger partial charge in [-0.25, -0.2) is 4.79 Å². The van der Waals surface area contributed by atoms with E-state index in [-0.39, 0.29) is 6.03 Å². The smallest absolute Gasteiger partial charge is 0.315 e. The van der Waals surface area contributed by atoms with E-state index >= 15 is 0 Å². The Kier molecular flexibility index (Phi) is 17.7. The normalized spacial score (nSPS) is 14.9. The molecular weight excluding hydrogens is 344 g/mol. The summed E-state index contributed by atoms with van der Waals surface area (Å²) < 4.78 is 0. The lowest BCUT2D eigenvalue weighted by Crippen LogP contribution is -2.43. The van der Waals surface area contributed by atoms with E-state index in [1.165, 1.54) is 116 Å². The van der Waals surface area contributed by atoms with E-state index in [0.29, 0.717) is 6.04 Å². The quantitative estimate of drug-likeness (QED) is 0.228. The third kappa shape index (κ3) is 16.2. The molecule has 0 atom stereocenters. The minimum absolute atomic E-state index is 0.0489. The highest BCUT2D eigenvalue weighted by molar-refractivity contribution is 5.74. The van der Waals surface area contributed by atoms with Gasteiger partial charge in [-0.3, -0.25) is 0 Å². The van der Waals surface area contributed by atoms with Crippen LogP contribution in [0.1, 0.15) is 142 Å². The van der Waals surface area contributed by atoms with Crippen molar-refractivity contribution < 1.29 is 4.79 Å². The summed E-state index contributed by atoms with van der Waals surface area (Å²) in [5.41, 5.74) is 0. The molecule has 0 aromatic carbocycles. The molecule has 0 aliphatic heterocycles. The Balaban J connectivity index is 1.71. The molecule has 2 N–H and O–H groups in total. The second kappa shape index (κ2) is 19.6. The summed E-state index contributed by atoms with van der Waals surface area (Å²) in [4.78, 5) is 11.8. The zero-order valence-corrected chi connectivity index (χ0v) is 19.0. The molecule has 1 saturated carbocycles. The first-order valence-electron chi connectivity index (χ1n) is 12.9. The molecule has 0 aromatic heterocycles. The molecule has 0 saturated heterocycles. The summed E-state index contributed by atoms with van der Waals surface area (Å²) >= 11 is 0. The third-order valence-corrected chi connectivity index (χ3v) is 6.26. The number of nitrogens with one attached hydrogen (secondary N) is 2. The number of urea groups is 1. The second-order valence-electron chi connectivity index (χ2n) is 9.04. The van der Waals surface area contributed by atoms with Crippen LogP contribution in [0, 0.1) is 0 Å². The van der Waals surface area contributed by atoms with Gasteiger partial charge in [-0.1, -0.05) is 122 Å². The number of rotatable bonds is 18. The van der Waals surface area contributed by atoms with Crippen LogP contribution in [0.3, 0.4) is 0 Å². The van der Waals surface area contributed by atoms with Crippen molar-refractivity contribution in [3.8, 4) is 0 Å². The van der Waals surface area contributed by atoms with E-state index in [1.807, 2.05) is 0 Å². The SMILES string of the molecule is CCCCCCCCCCCCCCCCCCNC(=O)NC1CCCCC1. The maximum atomic E-state index is 11.8. The molecule has 0 aromatic rings. The first-order valence-corrected chi connectivity index (χ1v) is 12.9. The van der Waals surface area contributed by atoms with Gasteiger partial charge in [0, 0.05) is 12.6 Å². The number of hydrogen-bond acceptors (Lipinski definition) is 1. The van der Waals surface area contributed by atoms with E-state index in [4.69, 9.17) is 0 Å². The molecule has 2 amide bonds. The standard InChI is InChI=1S/C25H50N2O/c1-2-3-4-5-6-7-8-9-10-11-12-13-14-15-16-20-23-26-25(28)27-24-21-18-17-19-22-24/h24H,2-23H2,1H3,(H2,26,27,28). The first kappa shape index (κ1) is 25.3. The van der Waals surface area contributed by atoms with Crippen LogP contribution in [-0.4, -0.2) is 18.6 Å². The molecule has 0 heterocycles. The number of carbonyl (C=O) groups excluding carboxylic acids is 1. The average Bonchev–Trinajstić information content (AvgIpc) is 2.71. The fourth-order valence-electron chi connectivity index (χ4n) is 4.36. The zero-order chi connectivity index (χ0) is 20.1. The molecule has 166 valence electrons. The topological polar surface area (TPSA) is 41.1 Å². The molecule has 3 nitrogen and oxygen atoms in total. The van der Waals surface area contributed by atoms with Crippen LogP contribution in [0.15, 0.2) is 0 Å². The Labute approximate surface area is 176 Å². The van der Waals surface area contributed by atoms with Crippen molar-refractivity contribution in [1.29, 1.82) is 0 Å². The highest BCUT2D eigenvalue weighted by Gasteiger charge is 2.14. The van der Waals surface area contributed by atoms with Gasteiger partial charge in [0.05, 0.1) is 0 Å². The van der Waals surface area contributed by atoms with Gasteiger partial charge >= 0.3 is 6.03 Å². The van der Waals surface area contributed by atoms with Crippen LogP contribution in [0.4, 0.5) is 4.79 Å². The molecule has 0 radical (unpaired) electrons. The minimum Gasteiger partial charge on any atom is -0.338 e. The Morgan fingerprint density at radius 2 is 1.07 bits per heavy atom. The van der Waals surface area contributed by atoms with Gasteiger partial charge in [-0.2, -0.15) is 0 Å². The van der Waals surface area contributed by atoms with E-state index in [0.717, 1.165) is 25.8 Å². The Hall–Kier alpha value is -0.730. The Bertz CT molecular complexity index is 339. The summed E-state index contributed by atoms with van der Waals surface area (Å²) in [6.07, 6.45) is 28.4. The fraction of sp³-hybridized carbons (Fsp3) is 0.960. The second-order valence-corrected chi connectivity index (χ2v) is 9.04. The predicted octanol–water partition coefficient (Wildman–Crippen LogP) is 7.88. The van der Waals surface area contributed by atoms with Crippen LogP contribution in [0.5, 0.6) is 0 Å². The van der Waals surface area contributed by atoms with Crippen molar-refractivity contribution in [2.24, 2.45) is 0 Å². The van der Waals surface area contributed by atoms with Gasteiger partial charge in [0.2, 0.25) is 0 Å². The van der Waals surface area contributed by atoms with Crippen LogP contribution in [0.25, 0.3) is 0 Å². The van der Waals surface area contributed by atoms with Crippen LogP contribution in [0.2, 0.25) is 0 Å². The van der Waals surface area contributed by atoms with Gasteiger partial charge < -0.3 is 10.6 Å². The molecular formula is C25H50N2O. The first-order chi connectivity index (χ1) is 13.8. The number of carbonyl (C=O) groups is 1. The van der Waals surface area contributed by atoms with Gasteiger partial charge in [0.1, 0.15) is 0 Å². The highest BCUT2D eigenvalue weighted by Crippen LogP contribution is 2.17. The maximum Gasteiger partial charge on any atom is 0.315 e. The fourth-order valence-corrected chi connectivity index (χ4v) is 4.36.